The molecule has 10 heteroatoms. The average Bonchev–Trinajstić information content (AvgIpc) is 2.60. The monoisotopic (exact) mass is 425 g/mol. The van der Waals surface area contributed by atoms with Crippen LogP contribution in [0.4, 0.5) is 18.9 Å². The average molecular weight is 426 g/mol. The van der Waals surface area contributed by atoms with Crippen molar-refractivity contribution in [3.8, 4) is 5.88 Å². The van der Waals surface area contributed by atoms with Gasteiger partial charge in [-0.3, -0.25) is 4.79 Å². The number of halogens is 5. The van der Waals surface area contributed by atoms with Crippen LogP contribution in [0.15, 0.2) is 48.7 Å². The number of benzene rings is 1. The van der Waals surface area contributed by atoms with E-state index in [1.165, 1.54) is 18.3 Å². The molecule has 2 aromatic rings. The molecule has 27 heavy (non-hydrogen) atoms. The van der Waals surface area contributed by atoms with Gasteiger partial charge in [-0.1, -0.05) is 37.3 Å². The minimum Gasteiger partial charge on any atom is -0.468 e. The fraction of sp³-hybridized carbons (Fsp3) is 0.294. The Morgan fingerprint density at radius 1 is 1.19 bits per heavy atom. The molecule has 2 rings (SSSR count). The number of pyridine rings is 1. The number of amides is 1. The standard InChI is InChI=1S/C17H18F3N3O2.2ClH/c1-11(15(21)12-5-3-2-4-6-12)16(24)23-13-7-8-14(22-9-13)25-10-17(18,19)20;;/h2-9,11,15H,10,21H2,1H3,(H,23,24);2*1H. The highest BCUT2D eigenvalue weighted by molar-refractivity contribution is 5.92. The summed E-state index contributed by atoms with van der Waals surface area (Å²) in [5.41, 5.74) is 7.27. The topological polar surface area (TPSA) is 77.2 Å². The molecule has 150 valence electrons. The number of anilines is 1. The largest absolute Gasteiger partial charge is 0.468 e. The Hall–Kier alpha value is -2.03. The van der Waals surface area contributed by atoms with Gasteiger partial charge in [-0.2, -0.15) is 13.2 Å². The molecule has 1 amide bonds. The van der Waals surface area contributed by atoms with E-state index in [9.17, 15) is 18.0 Å². The van der Waals surface area contributed by atoms with E-state index in [1.54, 1.807) is 6.92 Å². The zero-order valence-electron chi connectivity index (χ0n) is 14.3. The lowest BCUT2D eigenvalue weighted by atomic mass is 9.94. The summed E-state index contributed by atoms with van der Waals surface area (Å²) >= 11 is 0. The van der Waals surface area contributed by atoms with Crippen LogP contribution >= 0.6 is 24.8 Å². The van der Waals surface area contributed by atoms with Gasteiger partial charge in [0.1, 0.15) is 0 Å². The molecule has 0 bridgehead atoms. The number of alkyl halides is 3. The number of nitrogens with one attached hydrogen (secondary N) is 1. The van der Waals surface area contributed by atoms with Gasteiger partial charge in [-0.25, -0.2) is 4.98 Å². The van der Waals surface area contributed by atoms with Gasteiger partial charge in [0.05, 0.1) is 17.8 Å². The first-order valence-corrected chi connectivity index (χ1v) is 7.53. The second kappa shape index (κ2) is 11.0. The second-order valence-corrected chi connectivity index (χ2v) is 5.50. The smallest absolute Gasteiger partial charge is 0.422 e. The third kappa shape index (κ3) is 8.03. The Morgan fingerprint density at radius 3 is 2.33 bits per heavy atom. The van der Waals surface area contributed by atoms with Crippen molar-refractivity contribution in [1.29, 1.82) is 0 Å². The van der Waals surface area contributed by atoms with Crippen LogP contribution in [0.3, 0.4) is 0 Å². The first-order valence-electron chi connectivity index (χ1n) is 7.53. The molecular formula is C17H20Cl2F3N3O2. The lowest BCUT2D eigenvalue weighted by Crippen LogP contribution is -2.30. The summed E-state index contributed by atoms with van der Waals surface area (Å²) in [5, 5.41) is 2.63. The van der Waals surface area contributed by atoms with Crippen LogP contribution in [0.2, 0.25) is 0 Å². The van der Waals surface area contributed by atoms with Crippen molar-refractivity contribution in [2.75, 3.05) is 11.9 Å². The predicted molar refractivity (Wildman–Crippen MR) is 101 cm³/mol. The van der Waals surface area contributed by atoms with Crippen molar-refractivity contribution in [2.45, 2.75) is 19.1 Å². The molecule has 0 aliphatic carbocycles. The van der Waals surface area contributed by atoms with Crippen LogP contribution in [-0.2, 0) is 4.79 Å². The van der Waals surface area contributed by atoms with Crippen LogP contribution in [0.25, 0.3) is 0 Å². The van der Waals surface area contributed by atoms with E-state index in [0.29, 0.717) is 5.69 Å². The summed E-state index contributed by atoms with van der Waals surface area (Å²) < 4.78 is 40.7. The van der Waals surface area contributed by atoms with Crippen LogP contribution in [0, 0.1) is 5.92 Å². The molecule has 0 radical (unpaired) electrons. The van der Waals surface area contributed by atoms with Gasteiger partial charge < -0.3 is 15.8 Å². The number of hydrogen-bond donors (Lipinski definition) is 2. The molecule has 0 spiro atoms. The summed E-state index contributed by atoms with van der Waals surface area (Å²) in [4.78, 5) is 16.0. The highest BCUT2D eigenvalue weighted by Gasteiger charge is 2.28. The van der Waals surface area contributed by atoms with Crippen molar-refractivity contribution in [3.05, 3.63) is 54.2 Å². The normalized spacial score (nSPS) is 12.8. The number of ether oxygens (including phenoxy) is 1. The Kier molecular flexibility index (Phi) is 10.1. The van der Waals surface area contributed by atoms with Gasteiger partial charge in [0, 0.05) is 12.1 Å². The van der Waals surface area contributed by atoms with Crippen LogP contribution in [-0.4, -0.2) is 23.7 Å². The van der Waals surface area contributed by atoms with Gasteiger partial charge in [-0.15, -0.1) is 24.8 Å². The fourth-order valence-corrected chi connectivity index (χ4v) is 2.08. The maximum absolute atomic E-state index is 12.3. The zero-order valence-corrected chi connectivity index (χ0v) is 15.9. The van der Waals surface area contributed by atoms with Crippen LogP contribution < -0.4 is 15.8 Å². The molecule has 5 nitrogen and oxygen atoms in total. The second-order valence-electron chi connectivity index (χ2n) is 5.50. The number of rotatable bonds is 6. The van der Waals surface area contributed by atoms with Gasteiger partial charge >= 0.3 is 6.18 Å². The first kappa shape index (κ1) is 25.0. The van der Waals surface area contributed by atoms with Gasteiger partial charge in [0.2, 0.25) is 11.8 Å². The minimum atomic E-state index is -4.43. The Bertz CT molecular complexity index is 701. The first-order chi connectivity index (χ1) is 11.8. The zero-order chi connectivity index (χ0) is 18.4. The molecule has 3 N–H and O–H groups in total. The summed E-state index contributed by atoms with van der Waals surface area (Å²) in [6.45, 7) is 0.274. The number of carbonyl (C=O) groups is 1. The van der Waals surface area contributed by atoms with E-state index < -0.39 is 24.7 Å². The summed E-state index contributed by atoms with van der Waals surface area (Å²) in [5.74, 6) is -1.00. The molecule has 0 fully saturated rings. The molecule has 1 aromatic heterocycles. The van der Waals surface area contributed by atoms with E-state index in [1.807, 2.05) is 30.3 Å². The lowest BCUT2D eigenvalue weighted by Gasteiger charge is -2.19. The van der Waals surface area contributed by atoms with E-state index in [2.05, 4.69) is 15.0 Å². The van der Waals surface area contributed by atoms with E-state index >= 15 is 0 Å². The number of nitrogens with two attached hydrogens (primary N) is 1. The van der Waals surface area contributed by atoms with E-state index in [4.69, 9.17) is 5.73 Å². The highest BCUT2D eigenvalue weighted by Crippen LogP contribution is 2.22. The third-order valence-corrected chi connectivity index (χ3v) is 3.52. The summed E-state index contributed by atoms with van der Waals surface area (Å²) in [6, 6.07) is 11.4. The number of carbonyl (C=O) groups excluding carboxylic acids is 1. The maximum Gasteiger partial charge on any atom is 0.422 e. The molecule has 2 unspecified atom stereocenters. The van der Waals surface area contributed by atoms with Crippen LogP contribution in [0.1, 0.15) is 18.5 Å². The number of hydrogen-bond acceptors (Lipinski definition) is 4. The molecule has 1 heterocycles. The molecule has 0 aliphatic rings. The van der Waals surface area contributed by atoms with Crippen molar-refractivity contribution in [2.24, 2.45) is 11.7 Å². The van der Waals surface area contributed by atoms with Gasteiger partial charge in [0.15, 0.2) is 6.61 Å². The minimum absolute atomic E-state index is 0. The van der Waals surface area contributed by atoms with Crippen molar-refractivity contribution in [3.63, 3.8) is 0 Å². The predicted octanol–water partition coefficient (Wildman–Crippen LogP) is 4.14. The molecular weight excluding hydrogens is 406 g/mol. The molecule has 0 saturated heterocycles. The van der Waals surface area contributed by atoms with Crippen LogP contribution in [0.5, 0.6) is 5.88 Å². The lowest BCUT2D eigenvalue weighted by molar-refractivity contribution is -0.154. The Balaban J connectivity index is 0.00000338. The van der Waals surface area contributed by atoms with Crippen molar-refractivity contribution in [1.82, 2.24) is 4.98 Å². The number of nitrogens with zero attached hydrogens (tertiary/aromatic N) is 1. The summed E-state index contributed by atoms with van der Waals surface area (Å²) in [7, 11) is 0. The molecule has 0 saturated carbocycles. The highest BCUT2D eigenvalue weighted by atomic mass is 35.5. The summed E-state index contributed by atoms with van der Waals surface area (Å²) in [6.07, 6.45) is -3.21. The number of aromatic nitrogens is 1. The van der Waals surface area contributed by atoms with Crippen molar-refractivity contribution >= 4 is 36.4 Å². The van der Waals surface area contributed by atoms with Gasteiger partial charge in [-0.05, 0) is 11.6 Å². The van der Waals surface area contributed by atoms with Crippen molar-refractivity contribution < 1.29 is 22.7 Å². The SMILES string of the molecule is CC(C(=O)Nc1ccc(OCC(F)(F)F)nc1)C(N)c1ccccc1.Cl.Cl. The molecule has 1 aromatic carbocycles. The maximum atomic E-state index is 12.3. The fourth-order valence-electron chi connectivity index (χ4n) is 2.08. The molecule has 0 aliphatic heterocycles. The van der Waals surface area contributed by atoms with E-state index in [-0.39, 0.29) is 36.6 Å². The molecule has 2 atom stereocenters. The van der Waals surface area contributed by atoms with Gasteiger partial charge in [0.25, 0.3) is 0 Å². The third-order valence-electron chi connectivity index (χ3n) is 3.52. The van der Waals surface area contributed by atoms with E-state index in [0.717, 1.165) is 5.56 Å². The Labute approximate surface area is 167 Å². The Morgan fingerprint density at radius 2 is 1.81 bits per heavy atom. The quantitative estimate of drug-likeness (QED) is 0.728.